The van der Waals surface area contributed by atoms with Crippen LogP contribution in [0.3, 0.4) is 0 Å². The van der Waals surface area contributed by atoms with Gasteiger partial charge in [0, 0.05) is 30.2 Å². The summed E-state index contributed by atoms with van der Waals surface area (Å²) in [6.45, 7) is 5.33. The Morgan fingerprint density at radius 3 is 2.67 bits per heavy atom. The summed E-state index contributed by atoms with van der Waals surface area (Å²) in [7, 11) is 0. The molecule has 0 amide bonds. The molecule has 0 bridgehead atoms. The summed E-state index contributed by atoms with van der Waals surface area (Å²) in [5.41, 5.74) is 3.04. The predicted molar refractivity (Wildman–Crippen MR) is 106 cm³/mol. The maximum Gasteiger partial charge on any atom is 0.196 e. The van der Waals surface area contributed by atoms with Gasteiger partial charge >= 0.3 is 0 Å². The summed E-state index contributed by atoms with van der Waals surface area (Å²) >= 11 is 0. The normalized spacial score (nSPS) is 14.3. The summed E-state index contributed by atoms with van der Waals surface area (Å²) < 4.78 is 11.2. The Balaban J connectivity index is 1.90. The van der Waals surface area contributed by atoms with E-state index in [1.807, 2.05) is 55.5 Å². The first-order valence-corrected chi connectivity index (χ1v) is 9.26. The van der Waals surface area contributed by atoms with Crippen LogP contribution >= 0.6 is 0 Å². The number of hydrogen-bond acceptors (Lipinski definition) is 5. The number of carbonyl (C=O) groups is 1. The molecule has 0 unspecified atom stereocenters. The summed E-state index contributed by atoms with van der Waals surface area (Å²) in [6, 6.07) is 15.2. The standard InChI is InChI=1S/C22H22N2O3/c1-2-27-17-8-9-20-18(14-17)21(24-10-12-26-13-11-24)19(15-23-20)22(25)16-6-4-3-5-7-16/h3-9,14-15H,2,10-13H2,1H3. The fraction of sp³-hybridized carbons (Fsp3) is 0.273. The highest BCUT2D eigenvalue weighted by molar-refractivity contribution is 6.16. The van der Waals surface area contributed by atoms with Crippen LogP contribution < -0.4 is 9.64 Å². The highest BCUT2D eigenvalue weighted by Crippen LogP contribution is 2.34. The number of benzene rings is 2. The number of ether oxygens (including phenoxy) is 2. The minimum Gasteiger partial charge on any atom is -0.494 e. The van der Waals surface area contributed by atoms with E-state index in [-0.39, 0.29) is 5.78 Å². The van der Waals surface area contributed by atoms with Gasteiger partial charge in [-0.15, -0.1) is 0 Å². The molecule has 0 N–H and O–H groups in total. The lowest BCUT2D eigenvalue weighted by atomic mass is 9.99. The van der Waals surface area contributed by atoms with E-state index >= 15 is 0 Å². The van der Waals surface area contributed by atoms with Gasteiger partial charge in [0.25, 0.3) is 0 Å². The molecular weight excluding hydrogens is 340 g/mol. The van der Waals surface area contributed by atoms with E-state index in [1.54, 1.807) is 6.20 Å². The highest BCUT2D eigenvalue weighted by atomic mass is 16.5. The summed E-state index contributed by atoms with van der Waals surface area (Å²) in [5, 5.41) is 0.935. The van der Waals surface area contributed by atoms with Crippen LogP contribution in [0.2, 0.25) is 0 Å². The topological polar surface area (TPSA) is 51.7 Å². The molecule has 0 atom stereocenters. The fourth-order valence-electron chi connectivity index (χ4n) is 3.45. The Hall–Kier alpha value is -2.92. The zero-order valence-corrected chi connectivity index (χ0v) is 15.4. The molecule has 0 radical (unpaired) electrons. The molecule has 27 heavy (non-hydrogen) atoms. The van der Waals surface area contributed by atoms with Crippen LogP contribution in [0.25, 0.3) is 10.9 Å². The monoisotopic (exact) mass is 362 g/mol. The second-order valence-corrected chi connectivity index (χ2v) is 6.43. The van der Waals surface area contributed by atoms with Crippen LogP contribution in [-0.4, -0.2) is 43.7 Å². The molecule has 0 spiro atoms. The van der Waals surface area contributed by atoms with E-state index in [9.17, 15) is 4.79 Å². The molecule has 1 aliphatic heterocycles. The summed E-state index contributed by atoms with van der Waals surface area (Å²) in [4.78, 5) is 20.0. The van der Waals surface area contributed by atoms with Crippen LogP contribution in [0.15, 0.2) is 54.7 Å². The third-order valence-electron chi connectivity index (χ3n) is 4.73. The highest BCUT2D eigenvalue weighted by Gasteiger charge is 2.23. The van der Waals surface area contributed by atoms with E-state index in [1.165, 1.54) is 0 Å². The number of anilines is 1. The molecule has 138 valence electrons. The van der Waals surface area contributed by atoms with E-state index < -0.39 is 0 Å². The molecule has 5 heteroatoms. The van der Waals surface area contributed by atoms with Crippen molar-refractivity contribution in [3.05, 3.63) is 65.9 Å². The van der Waals surface area contributed by atoms with Crippen molar-refractivity contribution in [2.75, 3.05) is 37.8 Å². The Morgan fingerprint density at radius 1 is 1.15 bits per heavy atom. The van der Waals surface area contributed by atoms with Crippen LogP contribution in [-0.2, 0) is 4.74 Å². The predicted octanol–water partition coefficient (Wildman–Crippen LogP) is 3.70. The largest absolute Gasteiger partial charge is 0.494 e. The molecule has 2 aromatic carbocycles. The van der Waals surface area contributed by atoms with Gasteiger partial charge in [0.05, 0.1) is 36.6 Å². The second-order valence-electron chi connectivity index (χ2n) is 6.43. The lowest BCUT2D eigenvalue weighted by molar-refractivity contribution is 0.103. The van der Waals surface area contributed by atoms with Crippen LogP contribution in [0.1, 0.15) is 22.8 Å². The molecule has 3 aromatic rings. The first-order chi connectivity index (χ1) is 13.3. The number of pyridine rings is 1. The smallest absolute Gasteiger partial charge is 0.196 e. The maximum atomic E-state index is 13.2. The van der Waals surface area contributed by atoms with Crippen LogP contribution in [0.5, 0.6) is 5.75 Å². The minimum absolute atomic E-state index is 0.0201. The number of nitrogens with zero attached hydrogens (tertiary/aromatic N) is 2. The van der Waals surface area contributed by atoms with Gasteiger partial charge < -0.3 is 14.4 Å². The van der Waals surface area contributed by atoms with E-state index in [2.05, 4.69) is 9.88 Å². The summed E-state index contributed by atoms with van der Waals surface area (Å²) in [6.07, 6.45) is 1.70. The Bertz CT molecular complexity index is 950. The molecule has 1 saturated heterocycles. The number of rotatable bonds is 5. The molecule has 2 heterocycles. The lowest BCUT2D eigenvalue weighted by Crippen LogP contribution is -2.37. The number of carbonyl (C=O) groups excluding carboxylic acids is 1. The number of hydrogen-bond donors (Lipinski definition) is 0. The van der Waals surface area contributed by atoms with Gasteiger partial charge in [0.1, 0.15) is 5.75 Å². The number of morpholine rings is 1. The number of ketones is 1. The zero-order valence-electron chi connectivity index (χ0n) is 15.4. The van der Waals surface area contributed by atoms with Crippen molar-refractivity contribution in [1.29, 1.82) is 0 Å². The van der Waals surface area contributed by atoms with Crippen molar-refractivity contribution in [3.63, 3.8) is 0 Å². The average Bonchev–Trinajstić information content (AvgIpc) is 2.74. The maximum absolute atomic E-state index is 13.2. The molecule has 0 aliphatic carbocycles. The van der Waals surface area contributed by atoms with Gasteiger partial charge in [-0.05, 0) is 25.1 Å². The second kappa shape index (κ2) is 7.76. The zero-order chi connectivity index (χ0) is 18.6. The molecule has 4 rings (SSSR count). The van der Waals surface area contributed by atoms with Crippen molar-refractivity contribution >= 4 is 22.4 Å². The minimum atomic E-state index is -0.0201. The van der Waals surface area contributed by atoms with Gasteiger partial charge in [-0.1, -0.05) is 30.3 Å². The van der Waals surface area contributed by atoms with E-state index in [0.717, 1.165) is 35.4 Å². The molecule has 0 saturated carbocycles. The van der Waals surface area contributed by atoms with Gasteiger partial charge in [0.2, 0.25) is 0 Å². The first kappa shape index (κ1) is 17.5. The SMILES string of the molecule is CCOc1ccc2ncc(C(=O)c3ccccc3)c(N3CCOCC3)c2c1. The van der Waals surface area contributed by atoms with Crippen molar-refractivity contribution in [1.82, 2.24) is 4.98 Å². The number of fused-ring (bicyclic) bond motifs is 1. The Labute approximate surface area is 158 Å². The lowest BCUT2D eigenvalue weighted by Gasteiger charge is -2.31. The molecule has 1 fully saturated rings. The average molecular weight is 362 g/mol. The van der Waals surface area contributed by atoms with Gasteiger partial charge in [0.15, 0.2) is 5.78 Å². The quantitative estimate of drug-likeness (QED) is 0.648. The molecule has 5 nitrogen and oxygen atoms in total. The van der Waals surface area contributed by atoms with Gasteiger partial charge in [-0.25, -0.2) is 0 Å². The van der Waals surface area contributed by atoms with Crippen LogP contribution in [0.4, 0.5) is 5.69 Å². The van der Waals surface area contributed by atoms with Crippen molar-refractivity contribution in [2.24, 2.45) is 0 Å². The van der Waals surface area contributed by atoms with E-state index in [4.69, 9.17) is 9.47 Å². The molecule has 1 aliphatic rings. The van der Waals surface area contributed by atoms with Crippen molar-refractivity contribution in [3.8, 4) is 5.75 Å². The van der Waals surface area contributed by atoms with E-state index in [0.29, 0.717) is 30.9 Å². The molecule has 1 aromatic heterocycles. The third-order valence-corrected chi connectivity index (χ3v) is 4.73. The van der Waals surface area contributed by atoms with Crippen molar-refractivity contribution in [2.45, 2.75) is 6.92 Å². The van der Waals surface area contributed by atoms with Gasteiger partial charge in [-0.2, -0.15) is 0 Å². The van der Waals surface area contributed by atoms with Gasteiger partial charge in [-0.3, -0.25) is 9.78 Å². The summed E-state index contributed by atoms with van der Waals surface area (Å²) in [5.74, 6) is 0.763. The Kier molecular flexibility index (Phi) is 5.03. The molecular formula is C22H22N2O3. The third kappa shape index (κ3) is 3.51. The van der Waals surface area contributed by atoms with Crippen LogP contribution in [0, 0.1) is 0 Å². The number of aromatic nitrogens is 1. The van der Waals surface area contributed by atoms with Crippen molar-refractivity contribution < 1.29 is 14.3 Å². The fourth-order valence-corrected chi connectivity index (χ4v) is 3.45. The Morgan fingerprint density at radius 2 is 1.93 bits per heavy atom. The first-order valence-electron chi connectivity index (χ1n) is 9.26.